The lowest BCUT2D eigenvalue weighted by Crippen LogP contribution is -2.46. The Hall–Kier alpha value is -1.29. The molecule has 8 heteroatoms. The van der Waals surface area contributed by atoms with E-state index in [9.17, 15) is 4.79 Å². The Bertz CT molecular complexity index is 620. The highest BCUT2D eigenvalue weighted by Crippen LogP contribution is 2.18. The molecule has 29 heavy (non-hydrogen) atoms. The standard InChI is InChI=1S/C21H37N5O2.HI/c1-4-18-9-6-7-14-26(18)15-13-25-21(22-5-2)24-12-8-11-23-20(27)19-17(3)10-16-28-19;/h10,16,18H,4-9,11-15H2,1-3H3,(H,23,27)(H2,22,24,25);1H. The van der Waals surface area contributed by atoms with E-state index in [1.54, 1.807) is 6.07 Å². The monoisotopic (exact) mass is 519 g/mol. The molecule has 1 aliphatic heterocycles. The second-order valence-electron chi connectivity index (χ2n) is 7.32. The van der Waals surface area contributed by atoms with Gasteiger partial charge in [-0.25, -0.2) is 0 Å². The highest BCUT2D eigenvalue weighted by atomic mass is 127. The smallest absolute Gasteiger partial charge is 0.287 e. The third-order valence-electron chi connectivity index (χ3n) is 5.21. The third kappa shape index (κ3) is 8.94. The molecule has 1 unspecified atom stereocenters. The fraction of sp³-hybridized carbons (Fsp3) is 0.714. The molecule has 1 aromatic rings. The first kappa shape index (κ1) is 25.7. The Balaban J connectivity index is 0.00000420. The first-order valence-electron chi connectivity index (χ1n) is 10.7. The predicted octanol–water partition coefficient (Wildman–Crippen LogP) is 3.15. The van der Waals surface area contributed by atoms with Gasteiger partial charge in [0.15, 0.2) is 11.7 Å². The van der Waals surface area contributed by atoms with Crippen LogP contribution in [0.15, 0.2) is 21.7 Å². The van der Waals surface area contributed by atoms with Gasteiger partial charge in [0.05, 0.1) is 6.26 Å². The normalized spacial score (nSPS) is 17.5. The van der Waals surface area contributed by atoms with Crippen molar-refractivity contribution in [2.75, 3.05) is 39.3 Å². The molecule has 0 spiro atoms. The van der Waals surface area contributed by atoms with E-state index < -0.39 is 0 Å². The fourth-order valence-corrected chi connectivity index (χ4v) is 3.63. The van der Waals surface area contributed by atoms with Crippen molar-refractivity contribution >= 4 is 35.8 Å². The number of likely N-dealkylation sites (tertiary alicyclic amines) is 1. The zero-order valence-electron chi connectivity index (χ0n) is 18.1. The molecule has 1 aromatic heterocycles. The Morgan fingerprint density at radius 1 is 1.24 bits per heavy atom. The molecule has 1 aliphatic rings. The largest absolute Gasteiger partial charge is 0.459 e. The molecule has 3 N–H and O–H groups in total. The maximum Gasteiger partial charge on any atom is 0.287 e. The Morgan fingerprint density at radius 2 is 2.07 bits per heavy atom. The van der Waals surface area contributed by atoms with Gasteiger partial charge in [-0.1, -0.05) is 13.3 Å². The average molecular weight is 519 g/mol. The van der Waals surface area contributed by atoms with Gasteiger partial charge in [-0.2, -0.15) is 0 Å². The molecule has 0 radical (unpaired) electrons. The minimum absolute atomic E-state index is 0. The Kier molecular flexibility index (Phi) is 13.0. The molecule has 1 fully saturated rings. The fourth-order valence-electron chi connectivity index (χ4n) is 3.63. The zero-order valence-corrected chi connectivity index (χ0v) is 20.5. The molecule has 1 saturated heterocycles. The number of aliphatic imine (C=N–C) groups is 1. The van der Waals surface area contributed by atoms with Gasteiger partial charge in [-0.3, -0.25) is 14.7 Å². The molecule has 7 nitrogen and oxygen atoms in total. The molecular weight excluding hydrogens is 481 g/mol. The van der Waals surface area contributed by atoms with Crippen LogP contribution in [0.5, 0.6) is 0 Å². The number of rotatable bonds is 10. The van der Waals surface area contributed by atoms with Crippen LogP contribution >= 0.6 is 24.0 Å². The number of nitrogens with one attached hydrogen (secondary N) is 3. The summed E-state index contributed by atoms with van der Waals surface area (Å²) in [6.45, 7) is 11.5. The number of carbonyl (C=O) groups excluding carboxylic acids is 1. The van der Waals surface area contributed by atoms with Gasteiger partial charge in [-0.15, -0.1) is 24.0 Å². The number of halogens is 1. The molecule has 1 amide bonds. The lowest BCUT2D eigenvalue weighted by Gasteiger charge is -2.35. The molecule has 2 heterocycles. The molecule has 0 aromatic carbocycles. The molecule has 0 bridgehead atoms. The van der Waals surface area contributed by atoms with E-state index in [4.69, 9.17) is 4.42 Å². The van der Waals surface area contributed by atoms with Crippen LogP contribution in [0.4, 0.5) is 0 Å². The van der Waals surface area contributed by atoms with Crippen LogP contribution in [0.3, 0.4) is 0 Å². The number of guanidine groups is 1. The number of amides is 1. The summed E-state index contributed by atoms with van der Waals surface area (Å²) in [5.74, 6) is 1.07. The SMILES string of the molecule is CCNC(=NCCCNC(=O)c1occc1C)NCCN1CCCCC1CC.I. The lowest BCUT2D eigenvalue weighted by atomic mass is 10.0. The summed E-state index contributed by atoms with van der Waals surface area (Å²) in [6.07, 6.45) is 7.56. The van der Waals surface area contributed by atoms with Crippen molar-refractivity contribution in [1.29, 1.82) is 0 Å². The summed E-state index contributed by atoms with van der Waals surface area (Å²) in [6, 6.07) is 2.52. The second-order valence-corrected chi connectivity index (χ2v) is 7.32. The van der Waals surface area contributed by atoms with Crippen molar-refractivity contribution < 1.29 is 9.21 Å². The Morgan fingerprint density at radius 3 is 2.76 bits per heavy atom. The molecule has 0 saturated carbocycles. The van der Waals surface area contributed by atoms with E-state index in [2.05, 4.69) is 39.7 Å². The van der Waals surface area contributed by atoms with Gasteiger partial charge in [0.2, 0.25) is 0 Å². The maximum absolute atomic E-state index is 12.0. The number of aryl methyl sites for hydroxylation is 1. The summed E-state index contributed by atoms with van der Waals surface area (Å²) in [4.78, 5) is 19.2. The van der Waals surface area contributed by atoms with Crippen molar-refractivity contribution in [3.63, 3.8) is 0 Å². The van der Waals surface area contributed by atoms with Crippen molar-refractivity contribution in [2.45, 2.75) is 58.9 Å². The molecule has 2 rings (SSSR count). The topological polar surface area (TPSA) is 81.9 Å². The highest BCUT2D eigenvalue weighted by Gasteiger charge is 2.19. The minimum atomic E-state index is -0.163. The van der Waals surface area contributed by atoms with Gasteiger partial charge >= 0.3 is 0 Å². The quantitative estimate of drug-likeness (QED) is 0.192. The lowest BCUT2D eigenvalue weighted by molar-refractivity contribution is 0.0925. The number of nitrogens with zero attached hydrogens (tertiary/aromatic N) is 2. The van der Waals surface area contributed by atoms with Crippen LogP contribution < -0.4 is 16.0 Å². The van der Waals surface area contributed by atoms with E-state index >= 15 is 0 Å². The van der Waals surface area contributed by atoms with Gasteiger partial charge in [0.1, 0.15) is 0 Å². The van der Waals surface area contributed by atoms with Gasteiger partial charge in [0, 0.05) is 44.3 Å². The molecule has 0 aliphatic carbocycles. The van der Waals surface area contributed by atoms with Crippen LogP contribution in [0.2, 0.25) is 0 Å². The Labute approximate surface area is 192 Å². The van der Waals surface area contributed by atoms with E-state index in [1.807, 2.05) is 6.92 Å². The zero-order chi connectivity index (χ0) is 20.2. The summed E-state index contributed by atoms with van der Waals surface area (Å²) >= 11 is 0. The number of piperidine rings is 1. The number of carbonyl (C=O) groups is 1. The van der Waals surface area contributed by atoms with E-state index in [0.29, 0.717) is 18.8 Å². The van der Waals surface area contributed by atoms with Gasteiger partial charge in [0.25, 0.3) is 5.91 Å². The second kappa shape index (κ2) is 14.7. The number of hydrogen-bond donors (Lipinski definition) is 3. The van der Waals surface area contributed by atoms with Gasteiger partial charge < -0.3 is 20.4 Å². The van der Waals surface area contributed by atoms with Crippen molar-refractivity contribution in [1.82, 2.24) is 20.9 Å². The molecule has 1 atom stereocenters. The molecule has 166 valence electrons. The first-order chi connectivity index (χ1) is 13.7. The first-order valence-corrected chi connectivity index (χ1v) is 10.7. The number of hydrogen-bond acceptors (Lipinski definition) is 4. The van der Waals surface area contributed by atoms with Crippen LogP contribution in [0.1, 0.15) is 62.1 Å². The van der Waals surface area contributed by atoms with Crippen LogP contribution in [-0.4, -0.2) is 62.1 Å². The summed E-state index contributed by atoms with van der Waals surface area (Å²) in [5.41, 5.74) is 0.855. The summed E-state index contributed by atoms with van der Waals surface area (Å²) in [7, 11) is 0. The summed E-state index contributed by atoms with van der Waals surface area (Å²) < 4.78 is 5.20. The third-order valence-corrected chi connectivity index (χ3v) is 5.21. The van der Waals surface area contributed by atoms with Crippen molar-refractivity contribution in [3.8, 4) is 0 Å². The summed E-state index contributed by atoms with van der Waals surface area (Å²) in [5, 5.41) is 9.61. The van der Waals surface area contributed by atoms with E-state index in [-0.39, 0.29) is 29.9 Å². The van der Waals surface area contributed by atoms with Crippen LogP contribution in [0.25, 0.3) is 0 Å². The maximum atomic E-state index is 12.0. The molecular formula is C21H38IN5O2. The number of furan rings is 1. The minimum Gasteiger partial charge on any atom is -0.459 e. The van der Waals surface area contributed by atoms with Crippen LogP contribution in [-0.2, 0) is 0 Å². The van der Waals surface area contributed by atoms with Crippen molar-refractivity contribution in [3.05, 3.63) is 23.7 Å². The predicted molar refractivity (Wildman–Crippen MR) is 129 cm³/mol. The van der Waals surface area contributed by atoms with Crippen LogP contribution in [0, 0.1) is 6.92 Å². The average Bonchev–Trinajstić information content (AvgIpc) is 3.14. The van der Waals surface area contributed by atoms with E-state index in [1.165, 1.54) is 38.5 Å². The van der Waals surface area contributed by atoms with Gasteiger partial charge in [-0.05, 0) is 52.1 Å². The van der Waals surface area contributed by atoms with E-state index in [0.717, 1.165) is 43.6 Å². The highest BCUT2D eigenvalue weighted by molar-refractivity contribution is 14.0. The van der Waals surface area contributed by atoms with Crippen molar-refractivity contribution in [2.24, 2.45) is 4.99 Å².